The van der Waals surface area contributed by atoms with Crippen molar-refractivity contribution in [2.75, 3.05) is 13.1 Å². The molecule has 94 valence electrons. The zero-order valence-corrected chi connectivity index (χ0v) is 9.83. The second kappa shape index (κ2) is 4.59. The maximum Gasteiger partial charge on any atom is 0.291 e. The molecular weight excluding hydrogens is 232 g/mol. The fraction of sp³-hybridized carbons (Fsp3) is 0.455. The molecular formula is C11H14N6O. The Morgan fingerprint density at radius 2 is 2.33 bits per heavy atom. The molecule has 1 atom stereocenters. The summed E-state index contributed by atoms with van der Waals surface area (Å²) in [4.78, 5) is 17.9. The van der Waals surface area contributed by atoms with Crippen LogP contribution < -0.4 is 0 Å². The molecule has 0 aromatic carbocycles. The number of amides is 1. The Kier molecular flexibility index (Phi) is 2.79. The van der Waals surface area contributed by atoms with Crippen LogP contribution in [0.15, 0.2) is 18.6 Å². The number of H-pyrrole nitrogens is 2. The van der Waals surface area contributed by atoms with Crippen LogP contribution in [0.1, 0.15) is 35.1 Å². The van der Waals surface area contributed by atoms with Gasteiger partial charge in [0, 0.05) is 30.9 Å². The van der Waals surface area contributed by atoms with Gasteiger partial charge in [-0.1, -0.05) is 0 Å². The minimum atomic E-state index is -0.0864. The van der Waals surface area contributed by atoms with E-state index in [9.17, 15) is 4.79 Å². The first-order valence-electron chi connectivity index (χ1n) is 5.98. The molecule has 3 rings (SSSR count). The minimum absolute atomic E-state index is 0.0864. The Bertz CT molecular complexity index is 506. The van der Waals surface area contributed by atoms with Gasteiger partial charge in [-0.25, -0.2) is 4.98 Å². The van der Waals surface area contributed by atoms with Gasteiger partial charge in [-0.3, -0.25) is 15.0 Å². The van der Waals surface area contributed by atoms with Gasteiger partial charge in [-0.05, 0) is 18.9 Å². The molecule has 1 unspecified atom stereocenters. The molecule has 1 aliphatic heterocycles. The summed E-state index contributed by atoms with van der Waals surface area (Å²) in [5, 5.41) is 13.3. The lowest BCUT2D eigenvalue weighted by Crippen LogP contribution is -2.39. The first-order valence-corrected chi connectivity index (χ1v) is 5.98. The van der Waals surface area contributed by atoms with Crippen LogP contribution in [0.25, 0.3) is 0 Å². The van der Waals surface area contributed by atoms with E-state index in [2.05, 4.69) is 25.4 Å². The van der Waals surface area contributed by atoms with Crippen molar-refractivity contribution in [3.8, 4) is 0 Å². The van der Waals surface area contributed by atoms with Crippen LogP contribution in [0.5, 0.6) is 0 Å². The number of likely N-dealkylation sites (tertiary alicyclic amines) is 1. The van der Waals surface area contributed by atoms with Crippen LogP contribution in [0.4, 0.5) is 0 Å². The second-order valence-electron chi connectivity index (χ2n) is 4.44. The highest BCUT2D eigenvalue weighted by molar-refractivity contribution is 5.90. The molecule has 18 heavy (non-hydrogen) atoms. The molecule has 1 saturated heterocycles. The second-order valence-corrected chi connectivity index (χ2v) is 4.44. The van der Waals surface area contributed by atoms with E-state index in [1.54, 1.807) is 6.20 Å². The summed E-state index contributed by atoms with van der Waals surface area (Å²) < 4.78 is 0. The fourth-order valence-corrected chi connectivity index (χ4v) is 2.37. The largest absolute Gasteiger partial charge is 0.335 e. The molecule has 2 N–H and O–H groups in total. The number of aromatic amines is 2. The van der Waals surface area contributed by atoms with Crippen molar-refractivity contribution in [3.63, 3.8) is 0 Å². The van der Waals surface area contributed by atoms with Crippen molar-refractivity contribution in [3.05, 3.63) is 30.1 Å². The molecule has 0 bridgehead atoms. The standard InChI is InChI=1S/C11H14N6O/c18-11(10-12-7-14-16-10)17-5-1-2-8(6-17)9-3-4-13-15-9/h3-4,7-8H,1-2,5-6H2,(H,13,15)(H,12,14,16). The fourth-order valence-electron chi connectivity index (χ4n) is 2.37. The van der Waals surface area contributed by atoms with E-state index in [4.69, 9.17) is 0 Å². The topological polar surface area (TPSA) is 90.6 Å². The summed E-state index contributed by atoms with van der Waals surface area (Å²) >= 11 is 0. The van der Waals surface area contributed by atoms with Crippen molar-refractivity contribution in [2.45, 2.75) is 18.8 Å². The first-order chi connectivity index (χ1) is 8.84. The number of nitrogens with one attached hydrogen (secondary N) is 2. The maximum atomic E-state index is 12.1. The Labute approximate surface area is 104 Å². The van der Waals surface area contributed by atoms with Crippen molar-refractivity contribution >= 4 is 5.91 Å². The van der Waals surface area contributed by atoms with Crippen LogP contribution in [0, 0.1) is 0 Å². The smallest absolute Gasteiger partial charge is 0.291 e. The van der Waals surface area contributed by atoms with Crippen LogP contribution >= 0.6 is 0 Å². The zero-order chi connectivity index (χ0) is 12.4. The van der Waals surface area contributed by atoms with Gasteiger partial charge in [0.25, 0.3) is 5.91 Å². The SMILES string of the molecule is O=C(c1ncn[nH]1)N1CCCC(c2ccn[nH]2)C1. The predicted octanol–water partition coefficient (Wildman–Crippen LogP) is 0.548. The normalized spacial score (nSPS) is 20.0. The molecule has 0 saturated carbocycles. The van der Waals surface area contributed by atoms with Gasteiger partial charge in [0.05, 0.1) is 0 Å². The van der Waals surface area contributed by atoms with Gasteiger partial charge in [0.15, 0.2) is 0 Å². The Morgan fingerprint density at radius 3 is 3.06 bits per heavy atom. The number of carbonyl (C=O) groups is 1. The minimum Gasteiger partial charge on any atom is -0.335 e. The summed E-state index contributed by atoms with van der Waals surface area (Å²) in [6, 6.07) is 1.97. The molecule has 1 fully saturated rings. The Hall–Kier alpha value is -2.18. The van der Waals surface area contributed by atoms with Crippen LogP contribution in [0.2, 0.25) is 0 Å². The molecule has 0 spiro atoms. The van der Waals surface area contributed by atoms with E-state index in [1.807, 2.05) is 11.0 Å². The number of piperidine rings is 1. The third-order valence-electron chi connectivity index (χ3n) is 3.29. The number of hydrogen-bond donors (Lipinski definition) is 2. The number of nitrogens with zero attached hydrogens (tertiary/aromatic N) is 4. The third kappa shape index (κ3) is 1.99. The average Bonchev–Trinajstić information content (AvgIpc) is 3.11. The van der Waals surface area contributed by atoms with Crippen LogP contribution in [0.3, 0.4) is 0 Å². The molecule has 7 nitrogen and oxygen atoms in total. The molecule has 2 aromatic rings. The van der Waals surface area contributed by atoms with Gasteiger partial charge >= 0.3 is 0 Å². The molecule has 3 heterocycles. The quantitative estimate of drug-likeness (QED) is 0.809. The third-order valence-corrected chi connectivity index (χ3v) is 3.29. The summed E-state index contributed by atoms with van der Waals surface area (Å²) in [5.41, 5.74) is 1.09. The Morgan fingerprint density at radius 1 is 1.39 bits per heavy atom. The average molecular weight is 246 g/mol. The maximum absolute atomic E-state index is 12.1. The summed E-state index contributed by atoms with van der Waals surface area (Å²) in [6.07, 6.45) is 5.15. The van der Waals surface area contributed by atoms with E-state index in [1.165, 1.54) is 6.33 Å². The van der Waals surface area contributed by atoms with E-state index >= 15 is 0 Å². The molecule has 7 heteroatoms. The number of rotatable bonds is 2. The van der Waals surface area contributed by atoms with Crippen molar-refractivity contribution < 1.29 is 4.79 Å². The van der Waals surface area contributed by atoms with Gasteiger partial charge in [-0.2, -0.15) is 10.2 Å². The summed E-state index contributed by atoms with van der Waals surface area (Å²) in [5.74, 6) is 0.546. The van der Waals surface area contributed by atoms with Gasteiger partial charge in [0.2, 0.25) is 5.82 Å². The van der Waals surface area contributed by atoms with Gasteiger partial charge in [-0.15, -0.1) is 0 Å². The van der Waals surface area contributed by atoms with Crippen molar-refractivity contribution in [1.82, 2.24) is 30.3 Å². The lowest BCUT2D eigenvalue weighted by atomic mass is 9.95. The zero-order valence-electron chi connectivity index (χ0n) is 9.83. The van der Waals surface area contributed by atoms with E-state index in [-0.39, 0.29) is 5.91 Å². The number of carbonyl (C=O) groups excluding carboxylic acids is 1. The molecule has 0 aliphatic carbocycles. The summed E-state index contributed by atoms with van der Waals surface area (Å²) in [6.45, 7) is 1.46. The molecule has 0 radical (unpaired) electrons. The van der Waals surface area contributed by atoms with E-state index in [0.29, 0.717) is 18.3 Å². The highest BCUT2D eigenvalue weighted by Gasteiger charge is 2.27. The summed E-state index contributed by atoms with van der Waals surface area (Å²) in [7, 11) is 0. The van der Waals surface area contributed by atoms with Crippen molar-refractivity contribution in [2.24, 2.45) is 0 Å². The number of hydrogen-bond acceptors (Lipinski definition) is 4. The Balaban J connectivity index is 1.73. The van der Waals surface area contributed by atoms with Crippen LogP contribution in [-0.4, -0.2) is 49.3 Å². The van der Waals surface area contributed by atoms with Gasteiger partial charge < -0.3 is 4.90 Å². The van der Waals surface area contributed by atoms with Crippen molar-refractivity contribution in [1.29, 1.82) is 0 Å². The predicted molar refractivity (Wildman–Crippen MR) is 62.8 cm³/mol. The lowest BCUT2D eigenvalue weighted by Gasteiger charge is -2.31. The lowest BCUT2D eigenvalue weighted by molar-refractivity contribution is 0.0694. The molecule has 2 aromatic heterocycles. The first kappa shape index (κ1) is 10.9. The van der Waals surface area contributed by atoms with Gasteiger partial charge in [0.1, 0.15) is 6.33 Å². The van der Waals surface area contributed by atoms with Crippen LogP contribution in [-0.2, 0) is 0 Å². The van der Waals surface area contributed by atoms with E-state index < -0.39 is 0 Å². The molecule has 1 aliphatic rings. The van der Waals surface area contributed by atoms with E-state index in [0.717, 1.165) is 25.1 Å². The highest BCUT2D eigenvalue weighted by Crippen LogP contribution is 2.25. The number of aromatic nitrogens is 5. The highest BCUT2D eigenvalue weighted by atomic mass is 16.2. The monoisotopic (exact) mass is 246 g/mol. The molecule has 1 amide bonds.